The number of hydrogen-bond donors (Lipinski definition) is 1. The Bertz CT molecular complexity index is 1240. The number of carbonyl (C=O) groups excluding carboxylic acids is 1. The van der Waals surface area contributed by atoms with Crippen molar-refractivity contribution in [2.24, 2.45) is 0 Å². The molecule has 1 unspecified atom stereocenters. The maximum absolute atomic E-state index is 12.2. The molecule has 7 nitrogen and oxygen atoms in total. The molecule has 0 aliphatic carbocycles. The highest BCUT2D eigenvalue weighted by Crippen LogP contribution is 2.40. The van der Waals surface area contributed by atoms with E-state index in [2.05, 4.69) is 15.0 Å². The molecule has 0 bridgehead atoms. The van der Waals surface area contributed by atoms with Gasteiger partial charge in [0.15, 0.2) is 5.82 Å². The molecule has 1 saturated heterocycles. The third kappa shape index (κ3) is 3.84. The Morgan fingerprint density at radius 2 is 2.13 bits per heavy atom. The topological polar surface area (TPSA) is 84.0 Å². The van der Waals surface area contributed by atoms with Gasteiger partial charge in [-0.25, -0.2) is 9.97 Å². The van der Waals surface area contributed by atoms with Crippen molar-refractivity contribution < 1.29 is 9.53 Å². The molecule has 1 aromatic carbocycles. The minimum absolute atomic E-state index is 0.0527. The molecule has 0 radical (unpaired) electrons. The van der Waals surface area contributed by atoms with Crippen LogP contribution in [0.2, 0.25) is 5.02 Å². The van der Waals surface area contributed by atoms with Crippen LogP contribution in [-0.2, 0) is 4.79 Å². The number of amides is 1. The lowest BCUT2D eigenvalue weighted by atomic mass is 10.0. The molecule has 4 aromatic rings. The standard InChI is InChI=1S/C23H20ClN5O2/c1-14(30)29-10-4-6-20(29)16-11-18-19(28-23(27-18)17-5-2-3-9-25-17)12-21(16)31-22-8-7-15(24)13-26-22/h2-3,5,7-9,11-13,20H,4,6,10H2,1H3,(H,27,28). The monoisotopic (exact) mass is 433 g/mol. The smallest absolute Gasteiger partial charge is 0.219 e. The summed E-state index contributed by atoms with van der Waals surface area (Å²) >= 11 is 5.96. The number of hydrogen-bond acceptors (Lipinski definition) is 5. The van der Waals surface area contributed by atoms with Gasteiger partial charge in [-0.2, -0.15) is 0 Å². The van der Waals surface area contributed by atoms with Gasteiger partial charge in [0.25, 0.3) is 0 Å². The average Bonchev–Trinajstić information content (AvgIpc) is 3.42. The first-order valence-corrected chi connectivity index (χ1v) is 10.5. The van der Waals surface area contributed by atoms with E-state index in [1.54, 1.807) is 31.5 Å². The molecule has 8 heteroatoms. The van der Waals surface area contributed by atoms with Crippen molar-refractivity contribution in [1.82, 2.24) is 24.8 Å². The van der Waals surface area contributed by atoms with Gasteiger partial charge in [0.05, 0.1) is 22.1 Å². The summed E-state index contributed by atoms with van der Waals surface area (Å²) < 4.78 is 6.15. The largest absolute Gasteiger partial charge is 0.439 e. The van der Waals surface area contributed by atoms with Crippen LogP contribution < -0.4 is 4.74 Å². The van der Waals surface area contributed by atoms with E-state index in [1.807, 2.05) is 35.2 Å². The lowest BCUT2D eigenvalue weighted by Crippen LogP contribution is -2.28. The predicted molar refractivity (Wildman–Crippen MR) is 118 cm³/mol. The number of aromatic nitrogens is 4. The number of imidazole rings is 1. The second-order valence-electron chi connectivity index (χ2n) is 7.49. The van der Waals surface area contributed by atoms with Crippen molar-refractivity contribution in [1.29, 1.82) is 0 Å². The molecule has 1 aliphatic heterocycles. The summed E-state index contributed by atoms with van der Waals surface area (Å²) in [6.07, 6.45) is 5.10. The molecule has 0 saturated carbocycles. The van der Waals surface area contributed by atoms with Crippen molar-refractivity contribution in [3.63, 3.8) is 0 Å². The number of nitrogens with one attached hydrogen (secondary N) is 1. The molecule has 5 rings (SSSR count). The van der Waals surface area contributed by atoms with Gasteiger partial charge in [0.1, 0.15) is 11.4 Å². The number of halogens is 1. The summed E-state index contributed by atoms with van der Waals surface area (Å²) in [7, 11) is 0. The van der Waals surface area contributed by atoms with Gasteiger partial charge in [0, 0.05) is 43.6 Å². The van der Waals surface area contributed by atoms with Crippen LogP contribution in [0.15, 0.2) is 54.9 Å². The summed E-state index contributed by atoms with van der Waals surface area (Å²) in [5, 5.41) is 0.536. The minimum Gasteiger partial charge on any atom is -0.439 e. The number of H-pyrrole nitrogens is 1. The third-order valence-corrected chi connectivity index (χ3v) is 5.68. The number of likely N-dealkylation sites (tertiary alicyclic amines) is 1. The van der Waals surface area contributed by atoms with Crippen LogP contribution in [-0.4, -0.2) is 37.3 Å². The van der Waals surface area contributed by atoms with Crippen molar-refractivity contribution >= 4 is 28.5 Å². The molecule has 156 valence electrons. The van der Waals surface area contributed by atoms with Gasteiger partial charge in [-0.05, 0) is 37.1 Å². The van der Waals surface area contributed by atoms with Crippen molar-refractivity contribution in [3.8, 4) is 23.1 Å². The van der Waals surface area contributed by atoms with Crippen LogP contribution in [0.4, 0.5) is 0 Å². The fourth-order valence-corrected chi connectivity index (χ4v) is 4.14. The zero-order chi connectivity index (χ0) is 21.4. The molecule has 0 spiro atoms. The molecular formula is C23H20ClN5O2. The van der Waals surface area contributed by atoms with Gasteiger partial charge < -0.3 is 14.6 Å². The number of carbonyl (C=O) groups is 1. The molecule has 1 amide bonds. The normalized spacial score (nSPS) is 16.1. The number of benzene rings is 1. The Balaban J connectivity index is 1.62. The summed E-state index contributed by atoms with van der Waals surface area (Å²) in [6.45, 7) is 2.34. The van der Waals surface area contributed by atoms with E-state index in [-0.39, 0.29) is 11.9 Å². The molecule has 3 aromatic heterocycles. The maximum atomic E-state index is 12.2. The van der Waals surface area contributed by atoms with Gasteiger partial charge in [0.2, 0.25) is 11.8 Å². The van der Waals surface area contributed by atoms with E-state index in [0.717, 1.165) is 41.7 Å². The number of nitrogens with zero attached hydrogens (tertiary/aromatic N) is 4. The van der Waals surface area contributed by atoms with Gasteiger partial charge in [-0.1, -0.05) is 17.7 Å². The van der Waals surface area contributed by atoms with Crippen LogP contribution in [0.25, 0.3) is 22.6 Å². The Morgan fingerprint density at radius 3 is 2.87 bits per heavy atom. The Morgan fingerprint density at radius 1 is 1.23 bits per heavy atom. The molecule has 4 heterocycles. The van der Waals surface area contributed by atoms with Crippen LogP contribution in [0.1, 0.15) is 31.4 Å². The second kappa shape index (κ2) is 8.00. The van der Waals surface area contributed by atoms with Gasteiger partial charge in [-0.15, -0.1) is 0 Å². The minimum atomic E-state index is -0.0641. The summed E-state index contributed by atoms with van der Waals surface area (Å²) in [5.41, 5.74) is 3.30. The van der Waals surface area contributed by atoms with Crippen molar-refractivity contribution in [2.45, 2.75) is 25.8 Å². The molecule has 1 fully saturated rings. The Labute approximate surface area is 184 Å². The zero-order valence-electron chi connectivity index (χ0n) is 16.9. The first-order valence-electron chi connectivity index (χ1n) is 10.1. The van der Waals surface area contributed by atoms with E-state index >= 15 is 0 Å². The van der Waals surface area contributed by atoms with Crippen molar-refractivity contribution in [2.75, 3.05) is 6.54 Å². The molecule has 1 atom stereocenters. The molecule has 31 heavy (non-hydrogen) atoms. The predicted octanol–water partition coefficient (Wildman–Crippen LogP) is 5.15. The number of pyridine rings is 2. The number of aromatic amines is 1. The molecule has 1 aliphatic rings. The zero-order valence-corrected chi connectivity index (χ0v) is 17.6. The fourth-order valence-electron chi connectivity index (χ4n) is 4.03. The van der Waals surface area contributed by atoms with Gasteiger partial charge >= 0.3 is 0 Å². The lowest BCUT2D eigenvalue weighted by molar-refractivity contribution is -0.129. The quantitative estimate of drug-likeness (QED) is 0.481. The second-order valence-corrected chi connectivity index (χ2v) is 7.93. The first-order chi connectivity index (χ1) is 15.1. The number of fused-ring (bicyclic) bond motifs is 1. The average molecular weight is 434 g/mol. The number of ether oxygens (including phenoxy) is 1. The lowest BCUT2D eigenvalue weighted by Gasteiger charge is -2.25. The van der Waals surface area contributed by atoms with Crippen LogP contribution >= 0.6 is 11.6 Å². The highest BCUT2D eigenvalue weighted by atomic mass is 35.5. The van der Waals surface area contributed by atoms with Crippen LogP contribution in [0.3, 0.4) is 0 Å². The van der Waals surface area contributed by atoms with E-state index in [1.165, 1.54) is 0 Å². The van der Waals surface area contributed by atoms with E-state index in [4.69, 9.17) is 21.3 Å². The Hall–Kier alpha value is -3.45. The maximum Gasteiger partial charge on any atom is 0.219 e. The molecular weight excluding hydrogens is 414 g/mol. The van der Waals surface area contributed by atoms with Crippen molar-refractivity contribution in [3.05, 3.63) is 65.4 Å². The summed E-state index contributed by atoms with van der Waals surface area (Å²) in [4.78, 5) is 30.8. The fraction of sp³-hybridized carbons (Fsp3) is 0.217. The SMILES string of the molecule is CC(=O)N1CCCC1c1cc2[nH]c(-c3ccccn3)nc2cc1Oc1ccc(Cl)cn1. The highest BCUT2D eigenvalue weighted by molar-refractivity contribution is 6.30. The first kappa shape index (κ1) is 19.5. The Kier molecular flexibility index (Phi) is 5.03. The summed E-state index contributed by atoms with van der Waals surface area (Å²) in [6, 6.07) is 13.0. The van der Waals surface area contributed by atoms with Crippen LogP contribution in [0.5, 0.6) is 11.6 Å². The van der Waals surface area contributed by atoms with E-state index < -0.39 is 0 Å². The van der Waals surface area contributed by atoms with Gasteiger partial charge in [-0.3, -0.25) is 9.78 Å². The third-order valence-electron chi connectivity index (χ3n) is 5.45. The highest BCUT2D eigenvalue weighted by Gasteiger charge is 2.31. The van der Waals surface area contributed by atoms with E-state index in [9.17, 15) is 4.79 Å². The van der Waals surface area contributed by atoms with Crippen LogP contribution in [0, 0.1) is 0 Å². The number of rotatable bonds is 4. The summed E-state index contributed by atoms with van der Waals surface area (Å²) in [5.74, 6) is 1.78. The molecule has 1 N–H and O–H groups in total. The van der Waals surface area contributed by atoms with E-state index in [0.29, 0.717) is 22.5 Å².